The third-order valence-electron chi connectivity index (χ3n) is 3.51. The first-order valence-corrected chi connectivity index (χ1v) is 6.98. The largest absolute Gasteiger partial charge is 0.495 e. The van der Waals surface area contributed by atoms with E-state index in [0.717, 1.165) is 13.2 Å². The second-order valence-electron chi connectivity index (χ2n) is 5.21. The van der Waals surface area contributed by atoms with Gasteiger partial charge in [0.05, 0.1) is 12.8 Å². The van der Waals surface area contributed by atoms with Crippen LogP contribution in [0.5, 0.6) is 17.2 Å². The smallest absolute Gasteiger partial charge is 0.430 e. The highest BCUT2D eigenvalue weighted by atomic mass is 19.4. The second kappa shape index (κ2) is 6.60. The van der Waals surface area contributed by atoms with Crippen LogP contribution in [0.1, 0.15) is 5.56 Å². The van der Waals surface area contributed by atoms with E-state index in [9.17, 15) is 31.4 Å². The molecule has 2 aromatic rings. The van der Waals surface area contributed by atoms with Gasteiger partial charge >= 0.3 is 12.4 Å². The van der Waals surface area contributed by atoms with Crippen molar-refractivity contribution in [3.63, 3.8) is 0 Å². The normalized spacial score (nSPS) is 12.8. The van der Waals surface area contributed by atoms with Crippen molar-refractivity contribution in [2.75, 3.05) is 12.8 Å². The number of halogens is 6. The summed E-state index contributed by atoms with van der Waals surface area (Å²) in [7, 11) is 1.01. The molecule has 2 rings (SSSR count). The summed E-state index contributed by atoms with van der Waals surface area (Å²) < 4.78 is 89.3. The van der Waals surface area contributed by atoms with Crippen LogP contribution < -0.4 is 15.2 Å². The van der Waals surface area contributed by atoms with E-state index >= 15 is 0 Å². The Morgan fingerprint density at radius 2 is 1.42 bits per heavy atom. The maximum absolute atomic E-state index is 13.2. The summed E-state index contributed by atoms with van der Waals surface area (Å²) in [6, 6.07) is 8.19. The SMILES string of the molecule is COc1cc(C(O)(C(F)(F)F)C(F)(F)F)c(Oc2ccccc2)cc1N. The number of rotatable bonds is 4. The summed E-state index contributed by atoms with van der Waals surface area (Å²) >= 11 is 0. The zero-order valence-electron chi connectivity index (χ0n) is 13.2. The molecular weight excluding hydrogens is 368 g/mol. The summed E-state index contributed by atoms with van der Waals surface area (Å²) in [5.74, 6) is -1.44. The minimum absolute atomic E-state index is 0.0509. The lowest BCUT2D eigenvalue weighted by atomic mass is 9.90. The van der Waals surface area contributed by atoms with Crippen LogP contribution >= 0.6 is 0 Å². The van der Waals surface area contributed by atoms with Crippen molar-refractivity contribution in [2.24, 2.45) is 0 Å². The van der Waals surface area contributed by atoms with Crippen molar-refractivity contribution in [2.45, 2.75) is 18.0 Å². The monoisotopic (exact) mass is 381 g/mol. The van der Waals surface area contributed by atoms with Crippen molar-refractivity contribution in [1.82, 2.24) is 0 Å². The Bertz CT molecular complexity index is 760. The molecule has 0 aliphatic heterocycles. The maximum Gasteiger partial charge on any atom is 0.430 e. The topological polar surface area (TPSA) is 64.7 Å². The van der Waals surface area contributed by atoms with E-state index < -0.39 is 35.0 Å². The average molecular weight is 381 g/mol. The molecular formula is C16H13F6NO3. The zero-order valence-corrected chi connectivity index (χ0v) is 13.2. The third-order valence-corrected chi connectivity index (χ3v) is 3.51. The Morgan fingerprint density at radius 3 is 1.88 bits per heavy atom. The Labute approximate surface area is 143 Å². The zero-order chi connectivity index (χ0) is 19.8. The summed E-state index contributed by atoms with van der Waals surface area (Å²) in [5, 5.41) is 9.70. The van der Waals surface area contributed by atoms with Gasteiger partial charge in [0.25, 0.3) is 5.60 Å². The molecule has 3 N–H and O–H groups in total. The predicted molar refractivity (Wildman–Crippen MR) is 79.9 cm³/mol. The van der Waals surface area contributed by atoms with Crippen LogP contribution in [0.4, 0.5) is 32.0 Å². The van der Waals surface area contributed by atoms with E-state index in [2.05, 4.69) is 4.74 Å². The lowest BCUT2D eigenvalue weighted by Crippen LogP contribution is -2.54. The number of para-hydroxylation sites is 1. The van der Waals surface area contributed by atoms with Crippen LogP contribution in [0, 0.1) is 0 Å². The van der Waals surface area contributed by atoms with Crippen LogP contribution in [0.15, 0.2) is 42.5 Å². The first-order valence-electron chi connectivity index (χ1n) is 6.98. The van der Waals surface area contributed by atoms with Gasteiger partial charge in [0, 0.05) is 11.6 Å². The van der Waals surface area contributed by atoms with Crippen LogP contribution in [0.25, 0.3) is 0 Å². The molecule has 2 aromatic carbocycles. The predicted octanol–water partition coefficient (Wildman–Crippen LogP) is 4.38. The van der Waals surface area contributed by atoms with Gasteiger partial charge in [-0.2, -0.15) is 26.3 Å². The Kier molecular flexibility index (Phi) is 5.00. The quantitative estimate of drug-likeness (QED) is 0.609. The maximum atomic E-state index is 13.2. The first-order chi connectivity index (χ1) is 11.9. The van der Waals surface area contributed by atoms with E-state index in [0.29, 0.717) is 6.07 Å². The van der Waals surface area contributed by atoms with Gasteiger partial charge in [-0.05, 0) is 18.2 Å². The molecule has 26 heavy (non-hydrogen) atoms. The summed E-state index contributed by atoms with van der Waals surface area (Å²) in [4.78, 5) is 0. The summed E-state index contributed by atoms with van der Waals surface area (Å²) in [5.41, 5.74) is -1.48. The number of hydrogen-bond acceptors (Lipinski definition) is 4. The molecule has 0 bridgehead atoms. The van der Waals surface area contributed by atoms with Gasteiger partial charge in [0.2, 0.25) is 0 Å². The molecule has 0 saturated heterocycles. The Balaban J connectivity index is 2.75. The van der Waals surface area contributed by atoms with E-state index in [-0.39, 0.29) is 11.4 Å². The molecule has 0 unspecified atom stereocenters. The fraction of sp³-hybridized carbons (Fsp3) is 0.250. The molecule has 0 saturated carbocycles. The van der Waals surface area contributed by atoms with Gasteiger partial charge in [0.15, 0.2) is 0 Å². The number of alkyl halides is 6. The lowest BCUT2D eigenvalue weighted by molar-refractivity contribution is -0.376. The second-order valence-corrected chi connectivity index (χ2v) is 5.21. The van der Waals surface area contributed by atoms with Crippen molar-refractivity contribution >= 4 is 5.69 Å². The van der Waals surface area contributed by atoms with Crippen LogP contribution in [0.3, 0.4) is 0 Å². The number of nitrogen functional groups attached to an aromatic ring is 1. The van der Waals surface area contributed by atoms with Crippen molar-refractivity contribution in [1.29, 1.82) is 0 Å². The van der Waals surface area contributed by atoms with Gasteiger partial charge in [0.1, 0.15) is 17.2 Å². The standard InChI is InChI=1S/C16H13F6NO3/c1-25-13-7-10(14(24,15(17,18)19)16(20,21)22)12(8-11(13)23)26-9-5-3-2-4-6-9/h2-8,24H,23H2,1H3. The van der Waals surface area contributed by atoms with Gasteiger partial charge in [-0.15, -0.1) is 0 Å². The molecule has 0 aromatic heterocycles. The van der Waals surface area contributed by atoms with Gasteiger partial charge < -0.3 is 20.3 Å². The fourth-order valence-electron chi connectivity index (χ4n) is 2.20. The minimum atomic E-state index is -6.08. The van der Waals surface area contributed by atoms with Crippen LogP contribution in [-0.4, -0.2) is 24.6 Å². The molecule has 0 amide bonds. The molecule has 0 radical (unpaired) electrons. The molecule has 0 aliphatic carbocycles. The minimum Gasteiger partial charge on any atom is -0.495 e. The molecule has 0 heterocycles. The number of hydrogen-bond donors (Lipinski definition) is 2. The molecule has 0 fully saturated rings. The van der Waals surface area contributed by atoms with E-state index in [4.69, 9.17) is 10.5 Å². The molecule has 4 nitrogen and oxygen atoms in total. The first kappa shape index (κ1) is 19.7. The number of aliphatic hydroxyl groups is 1. The van der Waals surface area contributed by atoms with Crippen molar-refractivity contribution in [3.8, 4) is 17.2 Å². The van der Waals surface area contributed by atoms with Crippen LogP contribution in [-0.2, 0) is 5.60 Å². The van der Waals surface area contributed by atoms with Crippen molar-refractivity contribution < 1.29 is 40.9 Å². The van der Waals surface area contributed by atoms with Crippen LogP contribution in [0.2, 0.25) is 0 Å². The fourth-order valence-corrected chi connectivity index (χ4v) is 2.20. The Hall–Kier alpha value is -2.62. The molecule has 0 atom stereocenters. The highest BCUT2D eigenvalue weighted by Crippen LogP contribution is 2.54. The number of methoxy groups -OCH3 is 1. The van der Waals surface area contributed by atoms with Gasteiger partial charge in [-0.1, -0.05) is 18.2 Å². The summed E-state index contributed by atoms with van der Waals surface area (Å²) in [6.07, 6.45) is -12.2. The Morgan fingerprint density at radius 1 is 0.885 bits per heavy atom. The van der Waals surface area contributed by atoms with Gasteiger partial charge in [-0.25, -0.2) is 0 Å². The highest BCUT2D eigenvalue weighted by molar-refractivity contribution is 5.61. The highest BCUT2D eigenvalue weighted by Gasteiger charge is 2.72. The number of nitrogens with two attached hydrogens (primary N) is 1. The van der Waals surface area contributed by atoms with Crippen molar-refractivity contribution in [3.05, 3.63) is 48.0 Å². The lowest BCUT2D eigenvalue weighted by Gasteiger charge is -2.34. The summed E-state index contributed by atoms with van der Waals surface area (Å²) in [6.45, 7) is 0. The average Bonchev–Trinajstić information content (AvgIpc) is 2.53. The van der Waals surface area contributed by atoms with E-state index in [1.807, 2.05) is 0 Å². The van der Waals surface area contributed by atoms with E-state index in [1.165, 1.54) is 24.3 Å². The molecule has 10 heteroatoms. The third kappa shape index (κ3) is 3.36. The number of anilines is 1. The molecule has 0 spiro atoms. The number of ether oxygens (including phenoxy) is 2. The van der Waals surface area contributed by atoms with E-state index in [1.54, 1.807) is 6.07 Å². The molecule has 0 aliphatic rings. The molecule has 142 valence electrons. The van der Waals surface area contributed by atoms with Gasteiger partial charge in [-0.3, -0.25) is 0 Å². The number of benzene rings is 2.